The largest absolute Gasteiger partial charge is 0.507 e. The van der Waals surface area contributed by atoms with Crippen molar-refractivity contribution in [1.82, 2.24) is 0 Å². The van der Waals surface area contributed by atoms with E-state index >= 15 is 0 Å². The summed E-state index contributed by atoms with van der Waals surface area (Å²) in [5.41, 5.74) is 1.22. The van der Waals surface area contributed by atoms with Gasteiger partial charge < -0.3 is 9.84 Å². The van der Waals surface area contributed by atoms with E-state index in [0.717, 1.165) is 18.4 Å². The lowest BCUT2D eigenvalue weighted by molar-refractivity contribution is 0.0596. The van der Waals surface area contributed by atoms with Gasteiger partial charge in [0.2, 0.25) is 0 Å². The van der Waals surface area contributed by atoms with Gasteiger partial charge >= 0.3 is 5.97 Å². The summed E-state index contributed by atoms with van der Waals surface area (Å²) in [5.74, 6) is -0.432. The predicted molar refractivity (Wildman–Crippen MR) is 113 cm³/mol. The lowest BCUT2D eigenvalue weighted by Crippen LogP contribution is -2.06. The van der Waals surface area contributed by atoms with Crippen LogP contribution in [-0.4, -0.2) is 18.2 Å². The van der Waals surface area contributed by atoms with E-state index in [1.165, 1.54) is 90.6 Å². The van der Waals surface area contributed by atoms with Crippen LogP contribution in [0.3, 0.4) is 0 Å². The van der Waals surface area contributed by atoms with E-state index in [1.54, 1.807) is 12.1 Å². The highest BCUT2D eigenvalue weighted by Crippen LogP contribution is 2.24. The Labute approximate surface area is 166 Å². The van der Waals surface area contributed by atoms with Crippen molar-refractivity contribution in [2.75, 3.05) is 7.11 Å². The third kappa shape index (κ3) is 10.4. The van der Waals surface area contributed by atoms with Crippen molar-refractivity contribution in [1.29, 1.82) is 0 Å². The molecule has 0 spiro atoms. The summed E-state index contributed by atoms with van der Waals surface area (Å²) in [6.07, 6.45) is 19.5. The van der Waals surface area contributed by atoms with Crippen LogP contribution < -0.4 is 0 Å². The molecule has 0 atom stereocenters. The first-order valence-corrected chi connectivity index (χ1v) is 11.1. The Balaban J connectivity index is 2.02. The van der Waals surface area contributed by atoms with Crippen LogP contribution in [0.15, 0.2) is 18.2 Å². The number of carbonyl (C=O) groups excluding carboxylic acids is 1. The highest BCUT2D eigenvalue weighted by atomic mass is 16.5. The van der Waals surface area contributed by atoms with Crippen LogP contribution >= 0.6 is 0 Å². The molecule has 0 radical (unpaired) electrons. The highest BCUT2D eigenvalue weighted by Gasteiger charge is 2.16. The van der Waals surface area contributed by atoms with Crippen LogP contribution in [0, 0.1) is 0 Å². The standard InChI is InChI=1S/C24H40O3/c1-3-4-5-6-7-8-9-10-11-12-13-14-15-16-18-21-19-17-20-22(25)23(21)24(26)27-2/h17,19-20,25H,3-16,18H2,1-2H3. The van der Waals surface area contributed by atoms with Gasteiger partial charge in [-0.3, -0.25) is 0 Å². The molecular weight excluding hydrogens is 336 g/mol. The number of phenols is 1. The molecule has 0 saturated carbocycles. The molecule has 154 valence electrons. The number of esters is 1. The Morgan fingerprint density at radius 1 is 0.815 bits per heavy atom. The molecule has 0 aliphatic heterocycles. The minimum absolute atomic E-state index is 0.0183. The number of unbranched alkanes of at least 4 members (excludes halogenated alkanes) is 13. The number of methoxy groups -OCH3 is 1. The number of aromatic hydroxyl groups is 1. The Morgan fingerprint density at radius 3 is 1.78 bits per heavy atom. The minimum Gasteiger partial charge on any atom is -0.507 e. The van der Waals surface area contributed by atoms with Gasteiger partial charge in [0.05, 0.1) is 7.11 Å². The SMILES string of the molecule is CCCCCCCCCCCCCCCCc1cccc(O)c1C(=O)OC. The number of rotatable bonds is 16. The smallest absolute Gasteiger partial charge is 0.341 e. The van der Waals surface area contributed by atoms with Gasteiger partial charge in [-0.2, -0.15) is 0 Å². The van der Waals surface area contributed by atoms with E-state index in [1.807, 2.05) is 6.07 Å². The predicted octanol–water partition coefficient (Wildman–Crippen LogP) is 7.20. The molecule has 0 heterocycles. The summed E-state index contributed by atoms with van der Waals surface area (Å²) >= 11 is 0. The molecule has 1 aromatic rings. The Hall–Kier alpha value is -1.51. The molecule has 0 aromatic heterocycles. The molecule has 1 rings (SSSR count). The van der Waals surface area contributed by atoms with Crippen molar-refractivity contribution in [2.24, 2.45) is 0 Å². The van der Waals surface area contributed by atoms with Gasteiger partial charge in [0.1, 0.15) is 11.3 Å². The Morgan fingerprint density at radius 2 is 1.30 bits per heavy atom. The van der Waals surface area contributed by atoms with Crippen molar-refractivity contribution in [3.05, 3.63) is 29.3 Å². The van der Waals surface area contributed by atoms with Crippen LogP contribution in [0.1, 0.15) is 113 Å². The maximum absolute atomic E-state index is 11.8. The van der Waals surface area contributed by atoms with Crippen molar-refractivity contribution < 1.29 is 14.6 Å². The Bertz CT molecular complexity index is 510. The first-order chi connectivity index (χ1) is 13.2. The van der Waals surface area contributed by atoms with Crippen LogP contribution in [-0.2, 0) is 11.2 Å². The summed E-state index contributed by atoms with van der Waals surface area (Å²) in [4.78, 5) is 11.8. The van der Waals surface area contributed by atoms with Crippen LogP contribution in [0.5, 0.6) is 5.75 Å². The topological polar surface area (TPSA) is 46.5 Å². The van der Waals surface area contributed by atoms with Crippen molar-refractivity contribution >= 4 is 5.97 Å². The molecule has 0 unspecified atom stereocenters. The summed E-state index contributed by atoms with van der Waals surface area (Å²) in [7, 11) is 1.35. The van der Waals surface area contributed by atoms with Gasteiger partial charge in [0, 0.05) is 0 Å². The monoisotopic (exact) mass is 376 g/mol. The molecule has 27 heavy (non-hydrogen) atoms. The van der Waals surface area contributed by atoms with Gasteiger partial charge in [0.15, 0.2) is 0 Å². The molecule has 0 bridgehead atoms. The molecule has 0 aliphatic carbocycles. The molecule has 0 amide bonds. The first kappa shape index (κ1) is 23.5. The van der Waals surface area contributed by atoms with E-state index in [-0.39, 0.29) is 5.75 Å². The number of hydrogen-bond acceptors (Lipinski definition) is 3. The summed E-state index contributed by atoms with van der Waals surface area (Å²) in [6, 6.07) is 5.25. The summed E-state index contributed by atoms with van der Waals surface area (Å²) < 4.78 is 4.78. The van der Waals surface area contributed by atoms with Crippen molar-refractivity contribution in [3.8, 4) is 5.75 Å². The number of phenolic OH excluding ortho intramolecular Hbond substituents is 1. The van der Waals surface area contributed by atoms with E-state index in [9.17, 15) is 9.90 Å². The van der Waals surface area contributed by atoms with Crippen molar-refractivity contribution in [2.45, 2.75) is 103 Å². The van der Waals surface area contributed by atoms with Gasteiger partial charge in [-0.1, -0.05) is 103 Å². The van der Waals surface area contributed by atoms with E-state index in [2.05, 4.69) is 6.92 Å². The zero-order valence-corrected chi connectivity index (χ0v) is 17.6. The lowest BCUT2D eigenvalue weighted by Gasteiger charge is -2.09. The fraction of sp³-hybridized carbons (Fsp3) is 0.708. The van der Waals surface area contributed by atoms with E-state index < -0.39 is 5.97 Å². The van der Waals surface area contributed by atoms with Gasteiger partial charge in [-0.15, -0.1) is 0 Å². The van der Waals surface area contributed by atoms with Crippen LogP contribution in [0.2, 0.25) is 0 Å². The normalized spacial score (nSPS) is 10.9. The minimum atomic E-state index is -0.450. The molecule has 0 fully saturated rings. The van der Waals surface area contributed by atoms with Crippen LogP contribution in [0.25, 0.3) is 0 Å². The third-order valence-corrected chi connectivity index (χ3v) is 5.32. The van der Waals surface area contributed by atoms with Gasteiger partial charge in [-0.25, -0.2) is 4.79 Å². The zero-order chi connectivity index (χ0) is 19.7. The molecule has 0 saturated heterocycles. The Kier molecular flexibility index (Phi) is 13.5. The van der Waals surface area contributed by atoms with E-state index in [4.69, 9.17) is 4.74 Å². The molecule has 1 N–H and O–H groups in total. The second-order valence-corrected chi connectivity index (χ2v) is 7.65. The number of carbonyl (C=O) groups is 1. The number of benzene rings is 1. The average molecular weight is 377 g/mol. The lowest BCUT2D eigenvalue weighted by atomic mass is 9.99. The molecule has 1 aromatic carbocycles. The summed E-state index contributed by atoms with van der Waals surface area (Å²) in [6.45, 7) is 2.27. The molecule has 0 aliphatic rings. The molecule has 3 heteroatoms. The maximum Gasteiger partial charge on any atom is 0.341 e. The number of aryl methyl sites for hydroxylation is 1. The van der Waals surface area contributed by atoms with Crippen LogP contribution in [0.4, 0.5) is 0 Å². The zero-order valence-electron chi connectivity index (χ0n) is 17.6. The molecule has 3 nitrogen and oxygen atoms in total. The maximum atomic E-state index is 11.8. The first-order valence-electron chi connectivity index (χ1n) is 11.1. The van der Waals surface area contributed by atoms with Crippen molar-refractivity contribution in [3.63, 3.8) is 0 Å². The fourth-order valence-corrected chi connectivity index (χ4v) is 3.64. The second-order valence-electron chi connectivity index (χ2n) is 7.65. The number of ether oxygens (including phenoxy) is 1. The van der Waals surface area contributed by atoms with Gasteiger partial charge in [-0.05, 0) is 24.5 Å². The van der Waals surface area contributed by atoms with Gasteiger partial charge in [0.25, 0.3) is 0 Å². The quantitative estimate of drug-likeness (QED) is 0.245. The van der Waals surface area contributed by atoms with E-state index in [0.29, 0.717) is 5.56 Å². The summed E-state index contributed by atoms with van der Waals surface area (Å²) in [5, 5.41) is 9.91. The number of hydrogen-bond donors (Lipinski definition) is 1. The molecular formula is C24H40O3. The second kappa shape index (κ2) is 15.5. The fourth-order valence-electron chi connectivity index (χ4n) is 3.64. The third-order valence-electron chi connectivity index (χ3n) is 5.32. The average Bonchev–Trinajstić information content (AvgIpc) is 2.67. The highest BCUT2D eigenvalue weighted by molar-refractivity contribution is 5.94.